The number of thiazole rings is 1. The van der Waals surface area contributed by atoms with Crippen LogP contribution in [0.25, 0.3) is 11.3 Å². The lowest BCUT2D eigenvalue weighted by Gasteiger charge is -2.35. The molecule has 23 heavy (non-hydrogen) atoms. The number of aryl methyl sites for hydroxylation is 1. The molecule has 3 nitrogen and oxygen atoms in total. The predicted octanol–water partition coefficient (Wildman–Crippen LogP) is 5.15. The van der Waals surface area contributed by atoms with Gasteiger partial charge in [-0.1, -0.05) is 23.7 Å². The molecule has 0 spiro atoms. The van der Waals surface area contributed by atoms with E-state index in [9.17, 15) is 0 Å². The topological polar surface area (TPSA) is 21.1 Å². The summed E-state index contributed by atoms with van der Waals surface area (Å²) in [6.07, 6.45) is 0. The highest BCUT2D eigenvalue weighted by atomic mass is 35.5. The number of anilines is 1. The summed E-state index contributed by atoms with van der Waals surface area (Å²) in [6.45, 7) is 6.45. The second-order valence-electron chi connectivity index (χ2n) is 5.94. The summed E-state index contributed by atoms with van der Waals surface area (Å²) >= 11 is 7.68. The van der Waals surface area contributed by atoms with Crippen LogP contribution in [0.1, 0.15) is 24.4 Å². The summed E-state index contributed by atoms with van der Waals surface area (Å²) in [4.78, 5) is 7.26. The molecule has 1 aromatic carbocycles. The Kier molecular flexibility index (Phi) is 3.66. The van der Waals surface area contributed by atoms with Crippen molar-refractivity contribution in [2.75, 3.05) is 11.4 Å². The third-order valence-corrected chi connectivity index (χ3v) is 5.70. The van der Waals surface area contributed by atoms with Crippen molar-refractivity contribution in [2.45, 2.75) is 26.4 Å². The summed E-state index contributed by atoms with van der Waals surface area (Å²) in [6, 6.07) is 12.7. The van der Waals surface area contributed by atoms with Crippen LogP contribution in [-0.2, 0) is 6.54 Å². The average Bonchev–Trinajstić information content (AvgIpc) is 3.17. The van der Waals surface area contributed by atoms with Crippen LogP contribution in [0.4, 0.5) is 5.13 Å². The number of benzene rings is 1. The van der Waals surface area contributed by atoms with Crippen LogP contribution < -0.4 is 4.90 Å². The first kappa shape index (κ1) is 14.8. The van der Waals surface area contributed by atoms with E-state index in [1.165, 1.54) is 11.4 Å². The molecule has 0 saturated heterocycles. The molecule has 0 unspecified atom stereocenters. The van der Waals surface area contributed by atoms with Crippen LogP contribution >= 0.6 is 22.9 Å². The minimum absolute atomic E-state index is 0.349. The van der Waals surface area contributed by atoms with Gasteiger partial charge in [0.15, 0.2) is 5.13 Å². The van der Waals surface area contributed by atoms with Crippen molar-refractivity contribution in [1.82, 2.24) is 9.55 Å². The van der Waals surface area contributed by atoms with Crippen LogP contribution in [-0.4, -0.2) is 16.1 Å². The third kappa shape index (κ3) is 2.56. The van der Waals surface area contributed by atoms with E-state index >= 15 is 0 Å². The first-order valence-corrected chi connectivity index (χ1v) is 9.03. The Morgan fingerprint density at radius 1 is 1.13 bits per heavy atom. The summed E-state index contributed by atoms with van der Waals surface area (Å²) in [5.41, 5.74) is 4.84. The van der Waals surface area contributed by atoms with Crippen molar-refractivity contribution < 1.29 is 0 Å². The normalized spacial score (nSPS) is 17.3. The van der Waals surface area contributed by atoms with Gasteiger partial charge in [-0.25, -0.2) is 4.98 Å². The molecular formula is C18H18ClN3S. The number of fused-ring (bicyclic) bond motifs is 1. The maximum atomic E-state index is 5.97. The average molecular weight is 344 g/mol. The van der Waals surface area contributed by atoms with Gasteiger partial charge in [0.2, 0.25) is 0 Å². The zero-order valence-corrected chi connectivity index (χ0v) is 14.7. The molecule has 5 heteroatoms. The molecule has 2 aromatic heterocycles. The van der Waals surface area contributed by atoms with E-state index in [0.717, 1.165) is 34.5 Å². The fraction of sp³-hybridized carbons (Fsp3) is 0.278. The van der Waals surface area contributed by atoms with E-state index < -0.39 is 0 Å². The van der Waals surface area contributed by atoms with Gasteiger partial charge in [0, 0.05) is 40.4 Å². The van der Waals surface area contributed by atoms with Crippen molar-refractivity contribution in [1.29, 1.82) is 0 Å². The van der Waals surface area contributed by atoms with Crippen LogP contribution in [0.15, 0.2) is 41.8 Å². The van der Waals surface area contributed by atoms with Gasteiger partial charge in [-0.05, 0) is 38.1 Å². The Balaban J connectivity index is 1.63. The molecule has 0 radical (unpaired) electrons. The number of aromatic nitrogens is 2. The van der Waals surface area contributed by atoms with Crippen LogP contribution in [0, 0.1) is 6.92 Å². The van der Waals surface area contributed by atoms with Crippen LogP contribution in [0.2, 0.25) is 5.02 Å². The van der Waals surface area contributed by atoms with Gasteiger partial charge in [0.1, 0.15) is 0 Å². The van der Waals surface area contributed by atoms with Gasteiger partial charge in [0.25, 0.3) is 0 Å². The first-order valence-electron chi connectivity index (χ1n) is 7.77. The molecule has 1 aliphatic heterocycles. The van der Waals surface area contributed by atoms with E-state index in [-0.39, 0.29) is 0 Å². The van der Waals surface area contributed by atoms with Gasteiger partial charge in [0.05, 0.1) is 11.7 Å². The molecule has 0 amide bonds. The Labute approximate surface area is 145 Å². The van der Waals surface area contributed by atoms with Gasteiger partial charge in [-0.15, -0.1) is 11.3 Å². The van der Waals surface area contributed by atoms with Crippen LogP contribution in [0.5, 0.6) is 0 Å². The maximum absolute atomic E-state index is 5.97. The molecule has 0 aliphatic carbocycles. The van der Waals surface area contributed by atoms with Gasteiger partial charge in [-0.3, -0.25) is 0 Å². The number of hydrogen-bond donors (Lipinski definition) is 0. The molecule has 0 saturated carbocycles. The lowest BCUT2D eigenvalue weighted by atomic mass is 10.1. The molecule has 1 atom stereocenters. The fourth-order valence-electron chi connectivity index (χ4n) is 3.23. The molecule has 3 aromatic rings. The minimum atomic E-state index is 0.349. The number of rotatable bonds is 2. The van der Waals surface area contributed by atoms with Crippen molar-refractivity contribution >= 4 is 28.1 Å². The molecule has 3 heterocycles. The molecule has 0 N–H and O–H groups in total. The Morgan fingerprint density at radius 2 is 1.91 bits per heavy atom. The highest BCUT2D eigenvalue weighted by Crippen LogP contribution is 2.35. The van der Waals surface area contributed by atoms with Crippen molar-refractivity contribution in [3.63, 3.8) is 0 Å². The second-order valence-corrected chi connectivity index (χ2v) is 7.22. The SMILES string of the molecule is Cc1ccc2n1CCN(c1nc(-c3ccc(Cl)cc3)cs1)[C@H]2C. The highest BCUT2D eigenvalue weighted by molar-refractivity contribution is 7.14. The van der Waals surface area contributed by atoms with Crippen LogP contribution in [0.3, 0.4) is 0 Å². The smallest absolute Gasteiger partial charge is 0.186 e. The second kappa shape index (κ2) is 5.69. The third-order valence-electron chi connectivity index (χ3n) is 4.57. The van der Waals surface area contributed by atoms with E-state index in [1.807, 2.05) is 24.3 Å². The number of hydrogen-bond acceptors (Lipinski definition) is 3. The molecule has 4 rings (SSSR count). The fourth-order valence-corrected chi connectivity index (χ4v) is 4.30. The molecular weight excluding hydrogens is 326 g/mol. The van der Waals surface area contributed by atoms with Crippen molar-refractivity contribution in [2.24, 2.45) is 0 Å². The largest absolute Gasteiger partial charge is 0.345 e. The van der Waals surface area contributed by atoms with E-state index in [1.54, 1.807) is 11.3 Å². The lowest BCUT2D eigenvalue weighted by Crippen LogP contribution is -2.36. The molecule has 0 fully saturated rings. The zero-order chi connectivity index (χ0) is 16.0. The Bertz CT molecular complexity index is 834. The van der Waals surface area contributed by atoms with Crippen molar-refractivity contribution in [3.8, 4) is 11.3 Å². The standard InChI is InChI=1S/C18H18ClN3S/c1-12-3-8-17-13(2)22(10-9-21(12)17)18-20-16(11-23-18)14-4-6-15(19)7-5-14/h3-8,11,13H,9-10H2,1-2H3/t13-/m0/s1. The van der Waals surface area contributed by atoms with Gasteiger partial charge in [-0.2, -0.15) is 0 Å². The number of nitrogens with zero attached hydrogens (tertiary/aromatic N) is 3. The highest BCUT2D eigenvalue weighted by Gasteiger charge is 2.26. The Hall–Kier alpha value is -1.78. The summed E-state index contributed by atoms with van der Waals surface area (Å²) in [5, 5.41) is 3.97. The summed E-state index contributed by atoms with van der Waals surface area (Å²) in [5.74, 6) is 0. The first-order chi connectivity index (χ1) is 11.1. The van der Waals surface area contributed by atoms with Gasteiger partial charge >= 0.3 is 0 Å². The number of halogens is 1. The molecule has 118 valence electrons. The monoisotopic (exact) mass is 343 g/mol. The van der Waals surface area contributed by atoms with E-state index in [2.05, 4.69) is 40.8 Å². The van der Waals surface area contributed by atoms with E-state index in [0.29, 0.717) is 6.04 Å². The van der Waals surface area contributed by atoms with E-state index in [4.69, 9.17) is 16.6 Å². The zero-order valence-electron chi connectivity index (χ0n) is 13.2. The molecule has 1 aliphatic rings. The van der Waals surface area contributed by atoms with Gasteiger partial charge < -0.3 is 9.47 Å². The predicted molar refractivity (Wildman–Crippen MR) is 97.5 cm³/mol. The quantitative estimate of drug-likeness (QED) is 0.641. The molecule has 0 bridgehead atoms. The summed E-state index contributed by atoms with van der Waals surface area (Å²) < 4.78 is 2.41. The Morgan fingerprint density at radius 3 is 2.70 bits per heavy atom. The minimum Gasteiger partial charge on any atom is -0.345 e. The maximum Gasteiger partial charge on any atom is 0.186 e. The summed E-state index contributed by atoms with van der Waals surface area (Å²) in [7, 11) is 0. The van der Waals surface area contributed by atoms with Crippen molar-refractivity contribution in [3.05, 3.63) is 58.2 Å². The lowest BCUT2D eigenvalue weighted by molar-refractivity contribution is 0.502.